The molecule has 0 atom stereocenters. The van der Waals surface area contributed by atoms with Gasteiger partial charge in [0.2, 0.25) is 10.0 Å². The van der Waals surface area contributed by atoms with Crippen molar-refractivity contribution in [2.75, 3.05) is 32.7 Å². The molecule has 1 fully saturated rings. The number of Topliss-reactive ketones (excluding diaryl/α,β-unsaturated/α-hetero) is 1. The first-order valence-corrected chi connectivity index (χ1v) is 10.3. The molecule has 1 heterocycles. The molecule has 0 N–H and O–H groups in total. The fourth-order valence-corrected chi connectivity index (χ4v) is 4.64. The average molecular weight is 393 g/mol. The number of sulfonamides is 1. The molecule has 0 bridgehead atoms. The monoisotopic (exact) mass is 392 g/mol. The third kappa shape index (κ3) is 4.32. The van der Waals surface area contributed by atoms with Crippen molar-refractivity contribution in [3.05, 3.63) is 64.7 Å². The van der Waals surface area contributed by atoms with Gasteiger partial charge in [-0.3, -0.25) is 9.69 Å². The summed E-state index contributed by atoms with van der Waals surface area (Å²) in [5.74, 6) is 0.0108. The summed E-state index contributed by atoms with van der Waals surface area (Å²) in [5, 5.41) is 0.594. The molecule has 0 radical (unpaired) electrons. The van der Waals surface area contributed by atoms with Gasteiger partial charge in [0.15, 0.2) is 5.78 Å². The number of halogens is 1. The Kier molecular flexibility index (Phi) is 5.77. The van der Waals surface area contributed by atoms with E-state index in [1.807, 2.05) is 17.9 Å². The van der Waals surface area contributed by atoms with Crippen LogP contribution in [-0.4, -0.2) is 56.1 Å². The Morgan fingerprint density at radius 1 is 1.04 bits per heavy atom. The number of carbonyl (C=O) groups excluding carboxylic acids is 1. The second kappa shape index (κ2) is 7.88. The van der Waals surface area contributed by atoms with Crippen LogP contribution in [0, 0.1) is 6.92 Å². The van der Waals surface area contributed by atoms with E-state index in [4.69, 9.17) is 11.6 Å². The van der Waals surface area contributed by atoms with Crippen LogP contribution in [0.1, 0.15) is 15.9 Å². The topological polar surface area (TPSA) is 57.7 Å². The van der Waals surface area contributed by atoms with Crippen molar-refractivity contribution >= 4 is 27.4 Å². The maximum atomic E-state index is 12.7. The van der Waals surface area contributed by atoms with E-state index >= 15 is 0 Å². The Hall–Kier alpha value is -1.73. The highest BCUT2D eigenvalue weighted by molar-refractivity contribution is 7.89. The summed E-state index contributed by atoms with van der Waals surface area (Å²) in [5.41, 5.74) is 1.53. The Labute approximate surface area is 159 Å². The molecule has 0 aromatic heterocycles. The van der Waals surface area contributed by atoms with Gasteiger partial charge in [-0.05, 0) is 48.9 Å². The van der Waals surface area contributed by atoms with Gasteiger partial charge in [-0.15, -0.1) is 0 Å². The highest BCUT2D eigenvalue weighted by Crippen LogP contribution is 2.19. The van der Waals surface area contributed by atoms with Gasteiger partial charge in [-0.25, -0.2) is 8.42 Å². The number of hydrogen-bond donors (Lipinski definition) is 0. The van der Waals surface area contributed by atoms with Crippen LogP contribution in [0.2, 0.25) is 5.02 Å². The molecular weight excluding hydrogens is 372 g/mol. The van der Waals surface area contributed by atoms with E-state index in [-0.39, 0.29) is 12.3 Å². The molecule has 2 aromatic rings. The molecule has 0 amide bonds. The Bertz CT molecular complexity index is 889. The number of rotatable bonds is 5. The second-order valence-electron chi connectivity index (χ2n) is 6.43. The predicted octanol–water partition coefficient (Wildman–Crippen LogP) is 2.84. The molecule has 5 nitrogen and oxygen atoms in total. The first-order valence-electron chi connectivity index (χ1n) is 8.44. The summed E-state index contributed by atoms with van der Waals surface area (Å²) in [6, 6.07) is 13.8. The molecular formula is C19H21ClN2O3S. The third-order valence-electron chi connectivity index (χ3n) is 4.49. The number of aryl methyl sites for hydroxylation is 1. The molecule has 0 aliphatic carbocycles. The fourth-order valence-electron chi connectivity index (χ4n) is 2.98. The molecule has 3 rings (SSSR count). The maximum absolute atomic E-state index is 12.7. The molecule has 1 aliphatic heterocycles. The van der Waals surface area contributed by atoms with Gasteiger partial charge in [-0.2, -0.15) is 4.31 Å². The number of piperazine rings is 1. The summed E-state index contributed by atoms with van der Waals surface area (Å²) in [6.45, 7) is 3.97. The van der Waals surface area contributed by atoms with Crippen molar-refractivity contribution < 1.29 is 13.2 Å². The van der Waals surface area contributed by atoms with Crippen molar-refractivity contribution in [2.24, 2.45) is 0 Å². The van der Waals surface area contributed by atoms with E-state index in [9.17, 15) is 13.2 Å². The zero-order valence-electron chi connectivity index (χ0n) is 14.6. The number of carbonyl (C=O) groups is 1. The molecule has 1 saturated heterocycles. The van der Waals surface area contributed by atoms with Crippen molar-refractivity contribution in [3.8, 4) is 0 Å². The number of nitrogens with zero attached hydrogens (tertiary/aromatic N) is 2. The van der Waals surface area contributed by atoms with E-state index in [1.165, 1.54) is 4.31 Å². The first-order chi connectivity index (χ1) is 12.4. The van der Waals surface area contributed by atoms with Crippen molar-refractivity contribution in [1.29, 1.82) is 0 Å². The molecule has 0 saturated carbocycles. The lowest BCUT2D eigenvalue weighted by atomic mass is 10.1. The Balaban J connectivity index is 1.60. The minimum Gasteiger partial charge on any atom is -0.293 e. The van der Waals surface area contributed by atoms with E-state index in [2.05, 4.69) is 0 Å². The predicted molar refractivity (Wildman–Crippen MR) is 102 cm³/mol. The van der Waals surface area contributed by atoms with E-state index < -0.39 is 10.0 Å². The van der Waals surface area contributed by atoms with Crippen LogP contribution >= 0.6 is 11.6 Å². The summed E-state index contributed by atoms with van der Waals surface area (Å²) in [6.07, 6.45) is 0. The van der Waals surface area contributed by atoms with Gasteiger partial charge >= 0.3 is 0 Å². The SMILES string of the molecule is Cc1cccc(S(=O)(=O)N2CCN(CC(=O)c3ccc(Cl)cc3)CC2)c1. The van der Waals surface area contributed by atoms with Gasteiger partial charge in [0.05, 0.1) is 11.4 Å². The average Bonchev–Trinajstić information content (AvgIpc) is 2.62. The van der Waals surface area contributed by atoms with Crippen molar-refractivity contribution in [3.63, 3.8) is 0 Å². The quantitative estimate of drug-likeness (QED) is 0.734. The summed E-state index contributed by atoms with van der Waals surface area (Å²) < 4.78 is 27.0. The van der Waals surface area contributed by atoms with E-state index in [0.717, 1.165) is 5.56 Å². The van der Waals surface area contributed by atoms with Crippen LogP contribution in [0.3, 0.4) is 0 Å². The molecule has 0 unspecified atom stereocenters. The summed E-state index contributed by atoms with van der Waals surface area (Å²) in [7, 11) is -3.49. The van der Waals surface area contributed by atoms with Crippen LogP contribution in [0.4, 0.5) is 0 Å². The zero-order valence-corrected chi connectivity index (χ0v) is 16.1. The second-order valence-corrected chi connectivity index (χ2v) is 8.80. The lowest BCUT2D eigenvalue weighted by Crippen LogP contribution is -2.49. The zero-order chi connectivity index (χ0) is 18.7. The normalized spacial score (nSPS) is 16.5. The maximum Gasteiger partial charge on any atom is 0.243 e. The highest BCUT2D eigenvalue weighted by atomic mass is 35.5. The standard InChI is InChI=1S/C19H21ClN2O3S/c1-15-3-2-4-18(13-15)26(24,25)22-11-9-21(10-12-22)14-19(23)16-5-7-17(20)8-6-16/h2-8,13H,9-12,14H2,1H3. The Morgan fingerprint density at radius 2 is 1.69 bits per heavy atom. The fraction of sp³-hybridized carbons (Fsp3) is 0.316. The van der Waals surface area contributed by atoms with Gasteiger partial charge in [0, 0.05) is 36.8 Å². The van der Waals surface area contributed by atoms with Gasteiger partial charge in [0.25, 0.3) is 0 Å². The van der Waals surface area contributed by atoms with E-state index in [0.29, 0.717) is 41.7 Å². The van der Waals surface area contributed by atoms with Crippen LogP contribution in [-0.2, 0) is 10.0 Å². The van der Waals surface area contributed by atoms with Gasteiger partial charge in [0.1, 0.15) is 0 Å². The molecule has 138 valence electrons. The highest BCUT2D eigenvalue weighted by Gasteiger charge is 2.29. The molecule has 7 heteroatoms. The number of benzene rings is 2. The van der Waals surface area contributed by atoms with E-state index in [1.54, 1.807) is 42.5 Å². The lowest BCUT2D eigenvalue weighted by Gasteiger charge is -2.33. The van der Waals surface area contributed by atoms with Crippen LogP contribution < -0.4 is 0 Å². The van der Waals surface area contributed by atoms with Crippen molar-refractivity contribution in [2.45, 2.75) is 11.8 Å². The number of hydrogen-bond acceptors (Lipinski definition) is 4. The van der Waals surface area contributed by atoms with Gasteiger partial charge < -0.3 is 0 Å². The third-order valence-corrected chi connectivity index (χ3v) is 6.64. The molecule has 1 aliphatic rings. The Morgan fingerprint density at radius 3 is 2.31 bits per heavy atom. The minimum atomic E-state index is -3.49. The van der Waals surface area contributed by atoms with Crippen LogP contribution in [0.25, 0.3) is 0 Å². The smallest absolute Gasteiger partial charge is 0.243 e. The molecule has 26 heavy (non-hydrogen) atoms. The van der Waals surface area contributed by atoms with Crippen molar-refractivity contribution in [1.82, 2.24) is 9.21 Å². The molecule has 2 aromatic carbocycles. The van der Waals surface area contributed by atoms with Crippen LogP contribution in [0.5, 0.6) is 0 Å². The number of ketones is 1. The summed E-state index contributed by atoms with van der Waals surface area (Å²) >= 11 is 5.84. The molecule has 0 spiro atoms. The minimum absolute atomic E-state index is 0.0108. The first kappa shape index (κ1) is 19.0. The van der Waals surface area contributed by atoms with Crippen LogP contribution in [0.15, 0.2) is 53.4 Å². The lowest BCUT2D eigenvalue weighted by molar-refractivity contribution is 0.0901. The summed E-state index contributed by atoms with van der Waals surface area (Å²) in [4.78, 5) is 14.7. The van der Waals surface area contributed by atoms with Gasteiger partial charge in [-0.1, -0.05) is 23.7 Å². The largest absolute Gasteiger partial charge is 0.293 e.